The Hall–Kier alpha value is -4.19. The minimum absolute atomic E-state index is 0.163. The van der Waals surface area contributed by atoms with Crippen molar-refractivity contribution in [2.24, 2.45) is 0 Å². The maximum atomic E-state index is 13.0. The summed E-state index contributed by atoms with van der Waals surface area (Å²) in [5.74, 6) is 0.940. The number of fused-ring (bicyclic) bond motifs is 1. The summed E-state index contributed by atoms with van der Waals surface area (Å²) in [6.45, 7) is 2.52. The molecule has 1 aliphatic rings. The van der Waals surface area contributed by atoms with E-state index in [1.54, 1.807) is 0 Å². The van der Waals surface area contributed by atoms with Gasteiger partial charge < -0.3 is 15.0 Å². The fourth-order valence-electron chi connectivity index (χ4n) is 4.04. The van der Waals surface area contributed by atoms with Crippen molar-refractivity contribution in [2.75, 3.05) is 5.32 Å². The Kier molecular flexibility index (Phi) is 5.48. The number of amides is 1. The molecule has 0 fully saturated rings. The Labute approximate surface area is 191 Å². The molecule has 0 aliphatic carbocycles. The number of nitrogens with one attached hydrogen (secondary N) is 2. The van der Waals surface area contributed by atoms with Gasteiger partial charge in [0.25, 0.3) is 5.56 Å². The number of carbonyl (C=O) groups is 1. The lowest BCUT2D eigenvalue weighted by molar-refractivity contribution is -0.116. The fraction of sp³-hybridized carbons (Fsp3) is 0.148. The number of H-pyrrole nitrogens is 1. The quantitative estimate of drug-likeness (QED) is 0.470. The van der Waals surface area contributed by atoms with Crippen LogP contribution in [0.4, 0.5) is 5.82 Å². The lowest BCUT2D eigenvalue weighted by atomic mass is 9.87. The highest BCUT2D eigenvalue weighted by atomic mass is 16.5. The van der Waals surface area contributed by atoms with Gasteiger partial charge in [-0.25, -0.2) is 4.98 Å². The summed E-state index contributed by atoms with van der Waals surface area (Å²) < 4.78 is 5.89. The number of carbonyl (C=O) groups excluding carboxylic acids is 1. The molecule has 0 unspecified atom stereocenters. The van der Waals surface area contributed by atoms with E-state index in [2.05, 4.69) is 34.3 Å². The number of rotatable bonds is 5. The van der Waals surface area contributed by atoms with Crippen molar-refractivity contribution in [3.8, 4) is 17.1 Å². The van der Waals surface area contributed by atoms with E-state index in [0.717, 1.165) is 22.4 Å². The number of anilines is 1. The lowest BCUT2D eigenvalue weighted by Crippen LogP contribution is -2.31. The van der Waals surface area contributed by atoms with Crippen LogP contribution in [0.25, 0.3) is 11.4 Å². The van der Waals surface area contributed by atoms with Crippen molar-refractivity contribution in [2.45, 2.75) is 25.9 Å². The second-order valence-electron chi connectivity index (χ2n) is 8.19. The third kappa shape index (κ3) is 4.41. The minimum atomic E-state index is -0.374. The van der Waals surface area contributed by atoms with E-state index in [1.807, 2.05) is 66.7 Å². The van der Waals surface area contributed by atoms with Gasteiger partial charge in [-0.05, 0) is 30.2 Å². The molecule has 0 saturated carbocycles. The second-order valence-corrected chi connectivity index (χ2v) is 8.19. The molecule has 1 aliphatic heterocycles. The Morgan fingerprint density at radius 1 is 0.939 bits per heavy atom. The van der Waals surface area contributed by atoms with Crippen LogP contribution in [0.1, 0.15) is 34.6 Å². The predicted molar refractivity (Wildman–Crippen MR) is 127 cm³/mol. The lowest BCUT2D eigenvalue weighted by Gasteiger charge is -2.24. The molecule has 1 atom stereocenters. The van der Waals surface area contributed by atoms with Gasteiger partial charge in [0, 0.05) is 17.9 Å². The number of benzene rings is 3. The monoisotopic (exact) mass is 437 g/mol. The number of nitrogens with zero attached hydrogens (tertiary/aromatic N) is 1. The number of aromatic nitrogens is 2. The van der Waals surface area contributed by atoms with Gasteiger partial charge in [-0.15, -0.1) is 0 Å². The van der Waals surface area contributed by atoms with Crippen LogP contribution in [0, 0.1) is 6.92 Å². The highest BCUT2D eigenvalue weighted by molar-refractivity contribution is 5.94. The summed E-state index contributed by atoms with van der Waals surface area (Å²) in [5.41, 5.74) is 4.18. The molecular weight excluding hydrogens is 414 g/mol. The maximum Gasteiger partial charge on any atom is 0.257 e. The normalized spacial score (nSPS) is 14.9. The van der Waals surface area contributed by atoms with Crippen molar-refractivity contribution in [3.63, 3.8) is 0 Å². The summed E-state index contributed by atoms with van der Waals surface area (Å²) in [7, 11) is 0. The first-order valence-corrected chi connectivity index (χ1v) is 10.8. The molecule has 0 saturated heterocycles. The molecule has 0 spiro atoms. The summed E-state index contributed by atoms with van der Waals surface area (Å²) in [4.78, 5) is 32.9. The van der Waals surface area contributed by atoms with Crippen LogP contribution < -0.4 is 15.6 Å². The molecule has 4 aromatic rings. The number of aryl methyl sites for hydroxylation is 1. The van der Waals surface area contributed by atoms with E-state index in [9.17, 15) is 9.59 Å². The van der Waals surface area contributed by atoms with Gasteiger partial charge in [0.1, 0.15) is 24.0 Å². The molecule has 6 nitrogen and oxygen atoms in total. The first-order chi connectivity index (χ1) is 16.1. The Bertz CT molecular complexity index is 1340. The Morgan fingerprint density at radius 2 is 1.67 bits per heavy atom. The van der Waals surface area contributed by atoms with Gasteiger partial charge in [-0.1, -0.05) is 72.3 Å². The van der Waals surface area contributed by atoms with E-state index in [4.69, 9.17) is 4.74 Å². The smallest absolute Gasteiger partial charge is 0.257 e. The molecular formula is C27H23N3O3. The van der Waals surface area contributed by atoms with E-state index >= 15 is 0 Å². The number of hydrogen-bond donors (Lipinski definition) is 2. The minimum Gasteiger partial charge on any atom is -0.489 e. The van der Waals surface area contributed by atoms with Gasteiger partial charge >= 0.3 is 0 Å². The van der Waals surface area contributed by atoms with Crippen molar-refractivity contribution in [1.82, 2.24) is 9.97 Å². The SMILES string of the molecule is Cc1ccc(COc2ccc([C@@H]3CC(=O)Nc4nc(-c5ccccc5)[nH]c(=O)c43)cc2)cc1. The molecule has 2 heterocycles. The van der Waals surface area contributed by atoms with Gasteiger partial charge in [0.15, 0.2) is 0 Å². The molecule has 0 bridgehead atoms. The molecule has 33 heavy (non-hydrogen) atoms. The summed E-state index contributed by atoms with van der Waals surface area (Å²) >= 11 is 0. The summed E-state index contributed by atoms with van der Waals surface area (Å²) in [6.07, 6.45) is 0.187. The first-order valence-electron chi connectivity index (χ1n) is 10.8. The zero-order valence-electron chi connectivity index (χ0n) is 18.2. The molecule has 3 aromatic carbocycles. The third-order valence-electron chi connectivity index (χ3n) is 5.81. The zero-order valence-corrected chi connectivity index (χ0v) is 18.2. The average molecular weight is 437 g/mol. The number of aromatic amines is 1. The standard InChI is InChI=1S/C27H23N3O3/c1-17-7-9-18(10-8-17)16-33-21-13-11-19(12-14-21)22-15-23(31)28-26-24(22)27(32)30-25(29-26)20-5-3-2-4-6-20/h2-14,22H,15-16H2,1H3,(H2,28,29,30,31,32)/t22-/m0/s1. The zero-order chi connectivity index (χ0) is 22.8. The highest BCUT2D eigenvalue weighted by Gasteiger charge is 2.31. The maximum absolute atomic E-state index is 13.0. The largest absolute Gasteiger partial charge is 0.489 e. The second kappa shape index (κ2) is 8.74. The van der Waals surface area contributed by atoms with Gasteiger partial charge in [-0.3, -0.25) is 9.59 Å². The summed E-state index contributed by atoms with van der Waals surface area (Å²) in [6, 6.07) is 25.1. The predicted octanol–water partition coefficient (Wildman–Crippen LogP) is 4.80. The molecule has 2 N–H and O–H groups in total. The number of hydrogen-bond acceptors (Lipinski definition) is 4. The highest BCUT2D eigenvalue weighted by Crippen LogP contribution is 2.35. The first kappa shape index (κ1) is 20.7. The van der Waals surface area contributed by atoms with Crippen LogP contribution in [0.3, 0.4) is 0 Å². The molecule has 164 valence electrons. The van der Waals surface area contributed by atoms with Gasteiger partial charge in [0.2, 0.25) is 5.91 Å². The van der Waals surface area contributed by atoms with E-state index in [1.165, 1.54) is 5.56 Å². The number of ether oxygens (including phenoxy) is 1. The Balaban J connectivity index is 1.40. The van der Waals surface area contributed by atoms with Crippen molar-refractivity contribution in [1.29, 1.82) is 0 Å². The molecule has 1 aromatic heterocycles. The van der Waals surface area contributed by atoms with Crippen LogP contribution in [0.15, 0.2) is 83.7 Å². The van der Waals surface area contributed by atoms with Crippen molar-refractivity contribution >= 4 is 11.7 Å². The topological polar surface area (TPSA) is 84.1 Å². The van der Waals surface area contributed by atoms with Gasteiger partial charge in [0.05, 0.1) is 5.56 Å². The molecule has 6 heteroatoms. The average Bonchev–Trinajstić information content (AvgIpc) is 2.84. The molecule has 0 radical (unpaired) electrons. The van der Waals surface area contributed by atoms with E-state index in [0.29, 0.717) is 23.8 Å². The van der Waals surface area contributed by atoms with Crippen LogP contribution in [-0.4, -0.2) is 15.9 Å². The fourth-order valence-corrected chi connectivity index (χ4v) is 4.04. The van der Waals surface area contributed by atoms with Crippen LogP contribution in [0.2, 0.25) is 0 Å². The third-order valence-corrected chi connectivity index (χ3v) is 5.81. The van der Waals surface area contributed by atoms with Crippen molar-refractivity contribution < 1.29 is 9.53 Å². The van der Waals surface area contributed by atoms with Crippen molar-refractivity contribution in [3.05, 3.63) is 111 Å². The Morgan fingerprint density at radius 3 is 2.39 bits per heavy atom. The molecule has 1 amide bonds. The van der Waals surface area contributed by atoms with Crippen LogP contribution in [0.5, 0.6) is 5.75 Å². The van der Waals surface area contributed by atoms with Crippen LogP contribution >= 0.6 is 0 Å². The van der Waals surface area contributed by atoms with Gasteiger partial charge in [-0.2, -0.15) is 0 Å². The van der Waals surface area contributed by atoms with E-state index in [-0.39, 0.29) is 23.8 Å². The molecule has 5 rings (SSSR count). The summed E-state index contributed by atoms with van der Waals surface area (Å²) in [5, 5.41) is 2.77. The van der Waals surface area contributed by atoms with E-state index < -0.39 is 0 Å². The van der Waals surface area contributed by atoms with Crippen LogP contribution in [-0.2, 0) is 11.4 Å².